The third kappa shape index (κ3) is 3.86. The van der Waals surface area contributed by atoms with Gasteiger partial charge >= 0.3 is 5.69 Å². The van der Waals surface area contributed by atoms with Crippen molar-refractivity contribution >= 4 is 11.6 Å². The van der Waals surface area contributed by atoms with Crippen LogP contribution in [0, 0.1) is 15.9 Å². The number of nitro groups is 1. The van der Waals surface area contributed by atoms with Gasteiger partial charge in [0.05, 0.1) is 11.5 Å². The van der Waals surface area contributed by atoms with Crippen molar-refractivity contribution in [3.8, 4) is 11.3 Å². The van der Waals surface area contributed by atoms with E-state index in [4.69, 9.17) is 4.52 Å². The van der Waals surface area contributed by atoms with Crippen molar-refractivity contribution in [1.82, 2.24) is 20.3 Å². The topological polar surface area (TPSA) is 116 Å². The van der Waals surface area contributed by atoms with Crippen LogP contribution in [0.1, 0.15) is 10.5 Å². The fraction of sp³-hybridized carbons (Fsp3) is 0.133. The Morgan fingerprint density at radius 3 is 2.80 bits per heavy atom. The van der Waals surface area contributed by atoms with E-state index in [1.807, 2.05) is 0 Å². The summed E-state index contributed by atoms with van der Waals surface area (Å²) in [4.78, 5) is 22.0. The molecule has 0 unspecified atom stereocenters. The van der Waals surface area contributed by atoms with Crippen molar-refractivity contribution in [2.24, 2.45) is 0 Å². The Morgan fingerprint density at radius 2 is 2.12 bits per heavy atom. The number of aromatic nitrogens is 3. The highest BCUT2D eigenvalue weighted by Crippen LogP contribution is 2.20. The number of amides is 1. The lowest BCUT2D eigenvalue weighted by molar-refractivity contribution is -0.385. The summed E-state index contributed by atoms with van der Waals surface area (Å²) in [5.74, 6) is -0.494. The summed E-state index contributed by atoms with van der Waals surface area (Å²) in [6, 6.07) is 7.04. The molecule has 3 aromatic rings. The highest BCUT2D eigenvalue weighted by Gasteiger charge is 2.14. The summed E-state index contributed by atoms with van der Waals surface area (Å²) in [6.07, 6.45) is 2.41. The van der Waals surface area contributed by atoms with Gasteiger partial charge in [0.1, 0.15) is 18.2 Å². The molecular weight excluding hydrogens is 333 g/mol. The average Bonchev–Trinajstić information content (AvgIpc) is 3.25. The molecule has 2 heterocycles. The fourth-order valence-electron chi connectivity index (χ4n) is 2.08. The van der Waals surface area contributed by atoms with Gasteiger partial charge in [0.15, 0.2) is 11.5 Å². The predicted octanol–water partition coefficient (Wildman–Crippen LogP) is 2.02. The monoisotopic (exact) mass is 345 g/mol. The number of carbonyl (C=O) groups is 1. The number of rotatable bonds is 6. The van der Waals surface area contributed by atoms with Crippen LogP contribution in [0.2, 0.25) is 0 Å². The SMILES string of the molecule is O=C(NCCn1cc([N+](=O)[O-])cn1)c1cc(-c2ccc(F)cc2)on1. The van der Waals surface area contributed by atoms with Crippen LogP contribution in [0.5, 0.6) is 0 Å². The van der Waals surface area contributed by atoms with Gasteiger partial charge < -0.3 is 9.84 Å². The molecule has 0 aliphatic carbocycles. The Balaban J connectivity index is 1.56. The molecule has 25 heavy (non-hydrogen) atoms. The van der Waals surface area contributed by atoms with Gasteiger partial charge in [-0.3, -0.25) is 19.6 Å². The molecule has 0 atom stereocenters. The number of hydrogen-bond donors (Lipinski definition) is 1. The molecule has 0 bridgehead atoms. The first kappa shape index (κ1) is 16.3. The second-order valence-electron chi connectivity index (χ2n) is 5.06. The first-order valence-corrected chi connectivity index (χ1v) is 7.20. The number of halogens is 1. The van der Waals surface area contributed by atoms with Gasteiger partial charge in [-0.25, -0.2) is 4.39 Å². The van der Waals surface area contributed by atoms with E-state index in [-0.39, 0.29) is 30.3 Å². The van der Waals surface area contributed by atoms with Gasteiger partial charge in [-0.05, 0) is 24.3 Å². The van der Waals surface area contributed by atoms with Crippen LogP contribution < -0.4 is 5.32 Å². The van der Waals surface area contributed by atoms with E-state index in [2.05, 4.69) is 15.6 Å². The van der Waals surface area contributed by atoms with Gasteiger partial charge in [-0.15, -0.1) is 0 Å². The van der Waals surface area contributed by atoms with Crippen LogP contribution in [0.25, 0.3) is 11.3 Å². The van der Waals surface area contributed by atoms with Crippen molar-refractivity contribution in [3.63, 3.8) is 0 Å². The van der Waals surface area contributed by atoms with Crippen molar-refractivity contribution in [2.45, 2.75) is 6.54 Å². The molecule has 0 saturated heterocycles. The number of nitrogens with zero attached hydrogens (tertiary/aromatic N) is 4. The first-order chi connectivity index (χ1) is 12.0. The molecule has 1 amide bonds. The van der Waals surface area contributed by atoms with Crippen molar-refractivity contribution in [3.05, 3.63) is 64.4 Å². The number of nitrogens with one attached hydrogen (secondary N) is 1. The molecule has 0 saturated carbocycles. The highest BCUT2D eigenvalue weighted by molar-refractivity contribution is 5.93. The van der Waals surface area contributed by atoms with Crippen molar-refractivity contribution in [2.75, 3.05) is 6.54 Å². The Morgan fingerprint density at radius 1 is 1.36 bits per heavy atom. The minimum atomic E-state index is -0.547. The zero-order valence-electron chi connectivity index (χ0n) is 12.8. The van der Waals surface area contributed by atoms with Gasteiger partial charge in [-0.2, -0.15) is 5.10 Å². The Bertz CT molecular complexity index is 903. The summed E-state index contributed by atoms with van der Waals surface area (Å²) in [7, 11) is 0. The van der Waals surface area contributed by atoms with Gasteiger partial charge in [0.2, 0.25) is 0 Å². The predicted molar refractivity (Wildman–Crippen MR) is 83.1 cm³/mol. The third-order valence-corrected chi connectivity index (χ3v) is 3.33. The molecule has 0 aliphatic heterocycles. The summed E-state index contributed by atoms with van der Waals surface area (Å²) in [6.45, 7) is 0.471. The number of carbonyl (C=O) groups excluding carboxylic acids is 1. The summed E-state index contributed by atoms with van der Waals surface area (Å²) in [5, 5.41) is 20.7. The lowest BCUT2D eigenvalue weighted by Gasteiger charge is -2.02. The van der Waals surface area contributed by atoms with E-state index in [0.717, 1.165) is 6.20 Å². The van der Waals surface area contributed by atoms with E-state index in [1.165, 1.54) is 41.2 Å². The first-order valence-electron chi connectivity index (χ1n) is 7.20. The summed E-state index contributed by atoms with van der Waals surface area (Å²) < 4.78 is 19.3. The minimum Gasteiger partial charge on any atom is -0.355 e. The summed E-state index contributed by atoms with van der Waals surface area (Å²) >= 11 is 0. The average molecular weight is 345 g/mol. The Hall–Kier alpha value is -3.56. The molecule has 3 rings (SSSR count). The molecule has 0 spiro atoms. The van der Waals surface area contributed by atoms with Gasteiger partial charge in [0.25, 0.3) is 5.91 Å². The van der Waals surface area contributed by atoms with Crippen LogP contribution in [-0.2, 0) is 6.54 Å². The van der Waals surface area contributed by atoms with Crippen LogP contribution in [0.4, 0.5) is 10.1 Å². The second-order valence-corrected chi connectivity index (χ2v) is 5.06. The lowest BCUT2D eigenvalue weighted by atomic mass is 10.1. The van der Waals surface area contributed by atoms with Crippen LogP contribution in [-0.4, -0.2) is 32.3 Å². The van der Waals surface area contributed by atoms with E-state index < -0.39 is 10.8 Å². The van der Waals surface area contributed by atoms with E-state index in [9.17, 15) is 19.3 Å². The Labute approximate surface area is 140 Å². The highest BCUT2D eigenvalue weighted by atomic mass is 19.1. The number of benzene rings is 1. The normalized spacial score (nSPS) is 10.6. The quantitative estimate of drug-likeness (QED) is 0.540. The molecule has 128 valence electrons. The van der Waals surface area contributed by atoms with Gasteiger partial charge in [0, 0.05) is 18.2 Å². The Kier molecular flexibility index (Phi) is 4.50. The standard InChI is InChI=1S/C15H12FN5O4/c16-11-3-1-10(2-4-11)14-7-13(19-25-14)15(22)17-5-6-20-9-12(8-18-20)21(23)24/h1-4,7-9H,5-6H2,(H,17,22). The molecule has 1 aromatic carbocycles. The number of hydrogen-bond acceptors (Lipinski definition) is 6. The van der Waals surface area contributed by atoms with Crippen molar-refractivity contribution in [1.29, 1.82) is 0 Å². The molecule has 0 aliphatic rings. The molecule has 9 nitrogen and oxygen atoms in total. The smallest absolute Gasteiger partial charge is 0.306 e. The maximum Gasteiger partial charge on any atom is 0.306 e. The van der Waals surface area contributed by atoms with E-state index >= 15 is 0 Å². The molecule has 1 N–H and O–H groups in total. The van der Waals surface area contributed by atoms with Gasteiger partial charge in [-0.1, -0.05) is 5.16 Å². The van der Waals surface area contributed by atoms with Crippen LogP contribution in [0.15, 0.2) is 47.2 Å². The van der Waals surface area contributed by atoms with Crippen LogP contribution in [0.3, 0.4) is 0 Å². The molecule has 2 aromatic heterocycles. The third-order valence-electron chi connectivity index (χ3n) is 3.33. The molecule has 10 heteroatoms. The maximum atomic E-state index is 12.9. The summed E-state index contributed by atoms with van der Waals surface area (Å²) in [5.41, 5.74) is 0.550. The lowest BCUT2D eigenvalue weighted by Crippen LogP contribution is -2.27. The molecular formula is C15H12FN5O4. The fourth-order valence-corrected chi connectivity index (χ4v) is 2.08. The van der Waals surface area contributed by atoms with Crippen LogP contribution >= 0.6 is 0 Å². The largest absolute Gasteiger partial charge is 0.355 e. The minimum absolute atomic E-state index is 0.0748. The van der Waals surface area contributed by atoms with Crippen molar-refractivity contribution < 1.29 is 18.6 Å². The molecule has 0 fully saturated rings. The maximum absolute atomic E-state index is 12.9. The zero-order chi connectivity index (χ0) is 17.8. The second kappa shape index (κ2) is 6.91. The van der Waals surface area contributed by atoms with E-state index in [0.29, 0.717) is 11.3 Å². The molecule has 0 radical (unpaired) electrons. The van der Waals surface area contributed by atoms with E-state index in [1.54, 1.807) is 0 Å². The zero-order valence-corrected chi connectivity index (χ0v) is 12.8.